The molecule has 17 heavy (non-hydrogen) atoms. The number of ether oxygens (including phenoxy) is 2. The van der Waals surface area contributed by atoms with Crippen LogP contribution in [0.3, 0.4) is 0 Å². The second-order valence-corrected chi connectivity index (χ2v) is 3.36. The third kappa shape index (κ3) is 4.72. The summed E-state index contributed by atoms with van der Waals surface area (Å²) in [6.45, 7) is 4.89. The zero-order valence-electron chi connectivity index (χ0n) is 10.2. The van der Waals surface area contributed by atoms with Crippen molar-refractivity contribution in [1.29, 1.82) is 0 Å². The van der Waals surface area contributed by atoms with Crippen LogP contribution in [0.4, 0.5) is 5.82 Å². The van der Waals surface area contributed by atoms with Gasteiger partial charge in [-0.25, -0.2) is 4.98 Å². The summed E-state index contributed by atoms with van der Waals surface area (Å²) in [6.07, 6.45) is 2.57. The predicted molar refractivity (Wildman–Crippen MR) is 65.1 cm³/mol. The minimum absolute atomic E-state index is 0.0906. The molecular formula is C12H18N2O3. The van der Waals surface area contributed by atoms with E-state index in [9.17, 15) is 4.79 Å². The molecule has 1 N–H and O–H groups in total. The average molecular weight is 238 g/mol. The predicted octanol–water partition coefficient (Wildman–Crippen LogP) is 1.85. The molecule has 0 atom stereocenters. The maximum Gasteiger partial charge on any atom is 0.325 e. The highest BCUT2D eigenvalue weighted by atomic mass is 16.5. The van der Waals surface area contributed by atoms with E-state index >= 15 is 0 Å². The van der Waals surface area contributed by atoms with Crippen LogP contribution < -0.4 is 10.1 Å². The summed E-state index contributed by atoms with van der Waals surface area (Å²) >= 11 is 0. The van der Waals surface area contributed by atoms with Gasteiger partial charge in [0, 0.05) is 6.20 Å². The fourth-order valence-electron chi connectivity index (χ4n) is 1.22. The van der Waals surface area contributed by atoms with E-state index in [-0.39, 0.29) is 12.5 Å². The van der Waals surface area contributed by atoms with Crippen LogP contribution in [-0.4, -0.2) is 30.7 Å². The van der Waals surface area contributed by atoms with Gasteiger partial charge in [-0.05, 0) is 25.5 Å². The Bertz CT molecular complexity index is 355. The standard InChI is InChI=1S/C12H18N2O3/c1-3-8-17-10-6-5-7-13-12(10)14-9-11(15)16-4-2/h5-7H,3-4,8-9H2,1-2H3,(H,13,14). The van der Waals surface area contributed by atoms with Crippen molar-refractivity contribution in [2.45, 2.75) is 20.3 Å². The Morgan fingerprint density at radius 1 is 1.47 bits per heavy atom. The van der Waals surface area contributed by atoms with E-state index in [4.69, 9.17) is 9.47 Å². The van der Waals surface area contributed by atoms with Crippen molar-refractivity contribution < 1.29 is 14.3 Å². The van der Waals surface area contributed by atoms with Crippen LogP contribution in [0, 0.1) is 0 Å². The van der Waals surface area contributed by atoms with Gasteiger partial charge in [-0.1, -0.05) is 6.92 Å². The third-order valence-corrected chi connectivity index (χ3v) is 1.94. The van der Waals surface area contributed by atoms with Crippen LogP contribution in [0.1, 0.15) is 20.3 Å². The van der Waals surface area contributed by atoms with E-state index < -0.39 is 0 Å². The van der Waals surface area contributed by atoms with Crippen molar-refractivity contribution in [1.82, 2.24) is 4.98 Å². The van der Waals surface area contributed by atoms with Crippen molar-refractivity contribution in [2.24, 2.45) is 0 Å². The monoisotopic (exact) mass is 238 g/mol. The first-order chi connectivity index (χ1) is 8.27. The van der Waals surface area contributed by atoms with Crippen LogP contribution in [0.2, 0.25) is 0 Å². The second kappa shape index (κ2) is 7.49. The van der Waals surface area contributed by atoms with E-state index in [1.807, 2.05) is 13.0 Å². The van der Waals surface area contributed by atoms with Crippen molar-refractivity contribution in [3.63, 3.8) is 0 Å². The number of carbonyl (C=O) groups is 1. The topological polar surface area (TPSA) is 60.5 Å². The zero-order valence-corrected chi connectivity index (χ0v) is 10.2. The number of carbonyl (C=O) groups excluding carboxylic acids is 1. The first-order valence-electron chi connectivity index (χ1n) is 5.75. The van der Waals surface area contributed by atoms with E-state index in [1.165, 1.54) is 0 Å². The van der Waals surface area contributed by atoms with Crippen LogP contribution in [0.25, 0.3) is 0 Å². The molecule has 0 bridgehead atoms. The molecule has 0 radical (unpaired) electrons. The van der Waals surface area contributed by atoms with Gasteiger partial charge >= 0.3 is 5.97 Å². The number of aromatic nitrogens is 1. The largest absolute Gasteiger partial charge is 0.490 e. The minimum atomic E-state index is -0.306. The lowest BCUT2D eigenvalue weighted by atomic mass is 10.4. The molecule has 0 aliphatic heterocycles. The van der Waals surface area contributed by atoms with Crippen LogP contribution in [0.15, 0.2) is 18.3 Å². The number of rotatable bonds is 7. The number of hydrogen-bond acceptors (Lipinski definition) is 5. The molecule has 5 heteroatoms. The molecule has 0 saturated heterocycles. The van der Waals surface area contributed by atoms with Gasteiger partial charge in [0.15, 0.2) is 11.6 Å². The summed E-state index contributed by atoms with van der Waals surface area (Å²) in [7, 11) is 0. The maximum absolute atomic E-state index is 11.2. The van der Waals surface area contributed by atoms with Gasteiger partial charge < -0.3 is 14.8 Å². The first-order valence-corrected chi connectivity index (χ1v) is 5.75. The molecule has 0 unspecified atom stereocenters. The number of nitrogens with one attached hydrogen (secondary N) is 1. The number of nitrogens with zero attached hydrogens (tertiary/aromatic N) is 1. The van der Waals surface area contributed by atoms with Crippen LogP contribution in [0.5, 0.6) is 5.75 Å². The quantitative estimate of drug-likeness (QED) is 0.734. The fraction of sp³-hybridized carbons (Fsp3) is 0.500. The number of hydrogen-bond donors (Lipinski definition) is 1. The summed E-state index contributed by atoms with van der Waals surface area (Å²) in [4.78, 5) is 15.3. The fourth-order valence-corrected chi connectivity index (χ4v) is 1.22. The average Bonchev–Trinajstić information content (AvgIpc) is 2.35. The normalized spacial score (nSPS) is 9.76. The molecule has 5 nitrogen and oxygen atoms in total. The molecule has 94 valence electrons. The van der Waals surface area contributed by atoms with Crippen LogP contribution >= 0.6 is 0 Å². The lowest BCUT2D eigenvalue weighted by Gasteiger charge is -2.10. The van der Waals surface area contributed by atoms with Gasteiger partial charge in [-0.2, -0.15) is 0 Å². The summed E-state index contributed by atoms with van der Waals surface area (Å²) in [5, 5.41) is 2.90. The van der Waals surface area contributed by atoms with Crippen molar-refractivity contribution >= 4 is 11.8 Å². The first kappa shape index (κ1) is 13.3. The molecule has 0 spiro atoms. The Kier molecular flexibility index (Phi) is 5.85. The smallest absolute Gasteiger partial charge is 0.325 e. The molecule has 1 aromatic heterocycles. The molecule has 0 fully saturated rings. The molecule has 0 aliphatic carbocycles. The molecule has 1 heterocycles. The Morgan fingerprint density at radius 3 is 3.00 bits per heavy atom. The van der Waals surface area contributed by atoms with Gasteiger partial charge in [-0.3, -0.25) is 4.79 Å². The lowest BCUT2D eigenvalue weighted by Crippen LogP contribution is -2.17. The molecule has 1 aromatic rings. The molecular weight excluding hydrogens is 220 g/mol. The van der Waals surface area contributed by atoms with E-state index in [1.54, 1.807) is 19.2 Å². The lowest BCUT2D eigenvalue weighted by molar-refractivity contribution is -0.140. The highest BCUT2D eigenvalue weighted by Crippen LogP contribution is 2.20. The number of anilines is 1. The van der Waals surface area contributed by atoms with Crippen molar-refractivity contribution in [2.75, 3.05) is 25.1 Å². The summed E-state index contributed by atoms with van der Waals surface area (Å²) in [5.74, 6) is 0.909. The van der Waals surface area contributed by atoms with Gasteiger partial charge in [0.25, 0.3) is 0 Å². The van der Waals surface area contributed by atoms with E-state index in [0.717, 1.165) is 6.42 Å². The maximum atomic E-state index is 11.2. The molecule has 0 amide bonds. The van der Waals surface area contributed by atoms with Gasteiger partial charge in [-0.15, -0.1) is 0 Å². The van der Waals surface area contributed by atoms with Crippen molar-refractivity contribution in [3.8, 4) is 5.75 Å². The highest BCUT2D eigenvalue weighted by Gasteiger charge is 2.06. The zero-order chi connectivity index (χ0) is 12.5. The SMILES string of the molecule is CCCOc1cccnc1NCC(=O)OCC. The van der Waals surface area contributed by atoms with E-state index in [0.29, 0.717) is 24.8 Å². The van der Waals surface area contributed by atoms with E-state index in [2.05, 4.69) is 10.3 Å². The van der Waals surface area contributed by atoms with Crippen LogP contribution in [-0.2, 0) is 9.53 Å². The van der Waals surface area contributed by atoms with Gasteiger partial charge in [0.05, 0.1) is 13.2 Å². The Morgan fingerprint density at radius 2 is 2.29 bits per heavy atom. The van der Waals surface area contributed by atoms with Crippen molar-refractivity contribution in [3.05, 3.63) is 18.3 Å². The number of esters is 1. The Balaban J connectivity index is 2.54. The molecule has 0 aromatic carbocycles. The molecule has 0 aliphatic rings. The van der Waals surface area contributed by atoms with Gasteiger partial charge in [0.1, 0.15) is 6.54 Å². The third-order valence-electron chi connectivity index (χ3n) is 1.94. The summed E-state index contributed by atoms with van der Waals surface area (Å²) in [5.41, 5.74) is 0. The summed E-state index contributed by atoms with van der Waals surface area (Å²) < 4.78 is 10.3. The Labute approximate surface area is 101 Å². The number of pyridine rings is 1. The van der Waals surface area contributed by atoms with Gasteiger partial charge in [0.2, 0.25) is 0 Å². The Hall–Kier alpha value is -1.78. The highest BCUT2D eigenvalue weighted by molar-refractivity contribution is 5.75. The second-order valence-electron chi connectivity index (χ2n) is 3.36. The summed E-state index contributed by atoms with van der Waals surface area (Å²) in [6, 6.07) is 3.61. The molecule has 0 saturated carbocycles. The minimum Gasteiger partial charge on any atom is -0.490 e. The molecule has 1 rings (SSSR count).